The molecule has 3 rings (SSSR count). The Balaban J connectivity index is 1.55. The predicted molar refractivity (Wildman–Crippen MR) is 88.0 cm³/mol. The number of carbonyl (C=O) groups excluding carboxylic acids is 1. The van der Waals surface area contributed by atoms with Gasteiger partial charge in [-0.15, -0.1) is 0 Å². The van der Waals surface area contributed by atoms with Crippen molar-refractivity contribution in [2.24, 2.45) is 4.99 Å². The van der Waals surface area contributed by atoms with Crippen LogP contribution in [0, 0.1) is 0 Å². The first-order valence-corrected chi connectivity index (χ1v) is 8.23. The Morgan fingerprint density at radius 3 is 2.59 bits per heavy atom. The van der Waals surface area contributed by atoms with Crippen LogP contribution in [-0.4, -0.2) is 42.9 Å². The van der Waals surface area contributed by atoms with E-state index in [0.29, 0.717) is 0 Å². The summed E-state index contributed by atoms with van der Waals surface area (Å²) in [6.07, 6.45) is 4.59. The fourth-order valence-corrected chi connectivity index (χ4v) is 2.88. The van der Waals surface area contributed by atoms with Crippen molar-refractivity contribution < 1.29 is 4.79 Å². The third kappa shape index (κ3) is 3.78. The molecule has 2 N–H and O–H groups in total. The average molecular weight is 300 g/mol. The highest BCUT2D eigenvalue weighted by molar-refractivity contribution is 5.94. The summed E-state index contributed by atoms with van der Waals surface area (Å²) in [4.78, 5) is 18.8. The van der Waals surface area contributed by atoms with Crippen molar-refractivity contribution in [1.29, 1.82) is 0 Å². The molecule has 0 aliphatic carbocycles. The lowest BCUT2D eigenvalue weighted by molar-refractivity contribution is 0.0724. The van der Waals surface area contributed by atoms with Gasteiger partial charge in [-0.25, -0.2) is 0 Å². The summed E-state index contributed by atoms with van der Waals surface area (Å²) in [6, 6.07) is 7.91. The van der Waals surface area contributed by atoms with Gasteiger partial charge in [-0.05, 0) is 43.4 Å². The number of aliphatic imine (C=N–C) groups is 1. The number of nitrogens with zero attached hydrogens (tertiary/aromatic N) is 2. The number of carbonyl (C=O) groups is 1. The van der Waals surface area contributed by atoms with Gasteiger partial charge >= 0.3 is 0 Å². The van der Waals surface area contributed by atoms with E-state index in [9.17, 15) is 4.79 Å². The Kier molecular flexibility index (Phi) is 4.93. The minimum absolute atomic E-state index is 0.164. The molecule has 2 heterocycles. The van der Waals surface area contributed by atoms with Gasteiger partial charge in [0.05, 0.1) is 0 Å². The first-order chi connectivity index (χ1) is 10.8. The number of hydrogen-bond acceptors (Lipinski definition) is 4. The maximum Gasteiger partial charge on any atom is 0.253 e. The summed E-state index contributed by atoms with van der Waals surface area (Å²) in [5, 5.41) is 6.53. The molecule has 0 spiro atoms. The molecule has 1 fully saturated rings. The zero-order valence-corrected chi connectivity index (χ0v) is 13.0. The van der Waals surface area contributed by atoms with E-state index in [-0.39, 0.29) is 5.91 Å². The largest absolute Gasteiger partial charge is 0.356 e. The molecule has 2 aliphatic heterocycles. The Bertz CT molecular complexity index is 532. The lowest BCUT2D eigenvalue weighted by atomic mass is 10.1. The molecule has 1 aromatic rings. The molecular weight excluding hydrogens is 276 g/mol. The first kappa shape index (κ1) is 14.9. The second kappa shape index (κ2) is 7.29. The van der Waals surface area contributed by atoms with E-state index < -0.39 is 0 Å². The number of benzene rings is 1. The molecule has 5 heteroatoms. The van der Waals surface area contributed by atoms with Crippen LogP contribution in [0.3, 0.4) is 0 Å². The molecule has 1 aromatic carbocycles. The standard InChI is InChI=1S/C17H24N4O/c22-16(21-11-2-1-3-12-21)15-7-5-14(6-8-15)13-20-17-18-9-4-10-19-17/h5-8H,1-4,9-13H2,(H2,18,19,20). The van der Waals surface area contributed by atoms with Gasteiger partial charge in [0.1, 0.15) is 0 Å². The SMILES string of the molecule is O=C(c1ccc(CNC2=NCCCN2)cc1)N1CCCCC1. The van der Waals surface area contributed by atoms with Crippen LogP contribution in [-0.2, 0) is 6.54 Å². The normalized spacial score (nSPS) is 18.4. The second-order valence-corrected chi connectivity index (χ2v) is 5.91. The van der Waals surface area contributed by atoms with Crippen molar-refractivity contribution in [2.45, 2.75) is 32.2 Å². The minimum Gasteiger partial charge on any atom is -0.356 e. The van der Waals surface area contributed by atoms with Crippen LogP contribution < -0.4 is 10.6 Å². The third-order valence-corrected chi connectivity index (χ3v) is 4.20. The zero-order valence-electron chi connectivity index (χ0n) is 13.0. The molecule has 118 valence electrons. The van der Waals surface area contributed by atoms with E-state index in [4.69, 9.17) is 0 Å². The van der Waals surface area contributed by atoms with Gasteiger partial charge < -0.3 is 15.5 Å². The van der Waals surface area contributed by atoms with Gasteiger partial charge in [-0.1, -0.05) is 12.1 Å². The third-order valence-electron chi connectivity index (χ3n) is 4.20. The first-order valence-electron chi connectivity index (χ1n) is 8.23. The highest BCUT2D eigenvalue weighted by atomic mass is 16.2. The van der Waals surface area contributed by atoms with Crippen LogP contribution in [0.4, 0.5) is 0 Å². The predicted octanol–water partition coefficient (Wildman–Crippen LogP) is 1.75. The Morgan fingerprint density at radius 2 is 1.91 bits per heavy atom. The molecule has 5 nitrogen and oxygen atoms in total. The van der Waals surface area contributed by atoms with Gasteiger partial charge in [0, 0.05) is 38.3 Å². The molecule has 0 saturated carbocycles. The number of piperidine rings is 1. The van der Waals surface area contributed by atoms with Gasteiger partial charge in [-0.2, -0.15) is 0 Å². The number of hydrogen-bond donors (Lipinski definition) is 2. The number of guanidine groups is 1. The van der Waals surface area contributed by atoms with E-state index in [2.05, 4.69) is 15.6 Å². The Labute approximate surface area is 131 Å². The molecule has 22 heavy (non-hydrogen) atoms. The van der Waals surface area contributed by atoms with Gasteiger partial charge in [0.2, 0.25) is 0 Å². The number of likely N-dealkylation sites (tertiary alicyclic amines) is 1. The zero-order chi connectivity index (χ0) is 15.2. The van der Waals surface area contributed by atoms with E-state index in [1.54, 1.807) is 0 Å². The van der Waals surface area contributed by atoms with E-state index in [1.165, 1.54) is 6.42 Å². The maximum atomic E-state index is 12.4. The molecule has 1 saturated heterocycles. The second-order valence-electron chi connectivity index (χ2n) is 5.91. The summed E-state index contributed by atoms with van der Waals surface area (Å²) in [5.74, 6) is 1.04. The van der Waals surface area contributed by atoms with Crippen molar-refractivity contribution in [3.05, 3.63) is 35.4 Å². The van der Waals surface area contributed by atoms with Crippen LogP contribution in [0.2, 0.25) is 0 Å². The van der Waals surface area contributed by atoms with E-state index in [0.717, 1.165) is 69.1 Å². The highest BCUT2D eigenvalue weighted by Crippen LogP contribution is 2.13. The molecule has 0 unspecified atom stereocenters. The minimum atomic E-state index is 0.164. The fourth-order valence-electron chi connectivity index (χ4n) is 2.88. The molecule has 1 amide bonds. The van der Waals surface area contributed by atoms with Crippen molar-refractivity contribution in [1.82, 2.24) is 15.5 Å². The molecule has 2 aliphatic rings. The summed E-state index contributed by atoms with van der Waals surface area (Å²) in [6.45, 7) is 4.39. The van der Waals surface area contributed by atoms with Crippen LogP contribution >= 0.6 is 0 Å². The quantitative estimate of drug-likeness (QED) is 0.894. The van der Waals surface area contributed by atoms with Crippen LogP contribution in [0.15, 0.2) is 29.3 Å². The summed E-state index contributed by atoms with van der Waals surface area (Å²) in [7, 11) is 0. The van der Waals surface area contributed by atoms with Crippen LogP contribution in [0.5, 0.6) is 0 Å². The molecule has 0 bridgehead atoms. The molecule has 0 atom stereocenters. The highest BCUT2D eigenvalue weighted by Gasteiger charge is 2.17. The fraction of sp³-hybridized carbons (Fsp3) is 0.529. The van der Waals surface area contributed by atoms with Crippen molar-refractivity contribution in [3.8, 4) is 0 Å². The van der Waals surface area contributed by atoms with Crippen molar-refractivity contribution >= 4 is 11.9 Å². The molecule has 0 aromatic heterocycles. The summed E-state index contributed by atoms with van der Waals surface area (Å²) >= 11 is 0. The summed E-state index contributed by atoms with van der Waals surface area (Å²) in [5.41, 5.74) is 1.95. The van der Waals surface area contributed by atoms with Gasteiger partial charge in [-0.3, -0.25) is 9.79 Å². The lowest BCUT2D eigenvalue weighted by Crippen LogP contribution is -2.40. The molecular formula is C17H24N4O. The smallest absolute Gasteiger partial charge is 0.253 e. The Hall–Kier alpha value is -2.04. The summed E-state index contributed by atoms with van der Waals surface area (Å²) < 4.78 is 0. The van der Waals surface area contributed by atoms with Crippen LogP contribution in [0.1, 0.15) is 41.6 Å². The van der Waals surface area contributed by atoms with Crippen molar-refractivity contribution in [3.63, 3.8) is 0 Å². The number of nitrogens with one attached hydrogen (secondary N) is 2. The number of rotatable bonds is 3. The van der Waals surface area contributed by atoms with Crippen LogP contribution in [0.25, 0.3) is 0 Å². The maximum absolute atomic E-state index is 12.4. The van der Waals surface area contributed by atoms with Gasteiger partial charge in [0.15, 0.2) is 5.96 Å². The number of amides is 1. The van der Waals surface area contributed by atoms with E-state index in [1.807, 2.05) is 29.2 Å². The monoisotopic (exact) mass is 300 g/mol. The van der Waals surface area contributed by atoms with E-state index >= 15 is 0 Å². The lowest BCUT2D eigenvalue weighted by Gasteiger charge is -2.26. The van der Waals surface area contributed by atoms with Crippen molar-refractivity contribution in [2.75, 3.05) is 26.2 Å². The molecule has 0 radical (unpaired) electrons. The average Bonchev–Trinajstić information content (AvgIpc) is 2.61. The Morgan fingerprint density at radius 1 is 1.14 bits per heavy atom. The topological polar surface area (TPSA) is 56.7 Å². The van der Waals surface area contributed by atoms with Gasteiger partial charge in [0.25, 0.3) is 5.91 Å².